The quantitative estimate of drug-likeness (QED) is 0.409. The molecule has 0 radical (unpaired) electrons. The van der Waals surface area contributed by atoms with E-state index in [4.69, 9.17) is 13.9 Å². The van der Waals surface area contributed by atoms with Crippen molar-refractivity contribution in [3.63, 3.8) is 0 Å². The first kappa shape index (κ1) is 16.4. The predicted octanol–water partition coefficient (Wildman–Crippen LogP) is 3.57. The summed E-state index contributed by atoms with van der Waals surface area (Å²) in [5.74, 6) is 0.469. The molecule has 2 aromatic carbocycles. The molecule has 4 rings (SSSR count). The second-order valence-corrected chi connectivity index (χ2v) is 6.45. The average molecular weight is 350 g/mol. The zero-order valence-corrected chi connectivity index (χ0v) is 14.4. The van der Waals surface area contributed by atoms with Crippen LogP contribution in [0.25, 0.3) is 11.0 Å². The maximum absolute atomic E-state index is 12.0. The molecule has 0 amide bonds. The first-order valence-electron chi connectivity index (χ1n) is 8.58. The Morgan fingerprint density at radius 2 is 1.85 bits per heavy atom. The van der Waals surface area contributed by atoms with Gasteiger partial charge < -0.3 is 13.9 Å². The Labute approximate surface area is 150 Å². The van der Waals surface area contributed by atoms with Crippen LogP contribution in [0.15, 0.2) is 51.7 Å². The SMILES string of the molecule is Cc1cc(=O)oc2cc(OC(=O)COc3ccc4c(c3)CCC4)ccc12. The second-order valence-electron chi connectivity index (χ2n) is 6.45. The van der Waals surface area contributed by atoms with Crippen molar-refractivity contribution in [2.75, 3.05) is 6.61 Å². The van der Waals surface area contributed by atoms with Crippen LogP contribution in [0.1, 0.15) is 23.1 Å². The van der Waals surface area contributed by atoms with Gasteiger partial charge in [-0.25, -0.2) is 9.59 Å². The standard InChI is InChI=1S/C21H18O5/c1-13-9-20(22)26-19-11-17(7-8-18(13)19)25-21(23)12-24-16-6-5-14-3-2-4-15(14)10-16/h5-11H,2-4,12H2,1H3. The third-order valence-corrected chi connectivity index (χ3v) is 4.58. The molecular weight excluding hydrogens is 332 g/mol. The smallest absolute Gasteiger partial charge is 0.349 e. The molecule has 0 atom stereocenters. The van der Waals surface area contributed by atoms with Crippen LogP contribution < -0.4 is 15.1 Å². The van der Waals surface area contributed by atoms with Crippen molar-refractivity contribution in [2.45, 2.75) is 26.2 Å². The maximum atomic E-state index is 12.0. The summed E-state index contributed by atoms with van der Waals surface area (Å²) in [4.78, 5) is 23.5. The topological polar surface area (TPSA) is 65.7 Å². The van der Waals surface area contributed by atoms with Gasteiger partial charge in [-0.3, -0.25) is 0 Å². The number of ether oxygens (including phenoxy) is 2. The molecule has 1 aliphatic carbocycles. The molecule has 1 heterocycles. The molecule has 5 nitrogen and oxygen atoms in total. The Kier molecular flexibility index (Phi) is 4.21. The van der Waals surface area contributed by atoms with Crippen molar-refractivity contribution in [3.8, 4) is 11.5 Å². The number of hydrogen-bond donors (Lipinski definition) is 0. The van der Waals surface area contributed by atoms with Crippen LogP contribution in [0.3, 0.4) is 0 Å². The van der Waals surface area contributed by atoms with E-state index in [1.165, 1.54) is 29.7 Å². The predicted molar refractivity (Wildman–Crippen MR) is 96.8 cm³/mol. The average Bonchev–Trinajstić information content (AvgIpc) is 3.07. The number of esters is 1. The Bertz CT molecular complexity index is 1050. The number of aryl methyl sites for hydroxylation is 3. The molecule has 0 saturated carbocycles. The summed E-state index contributed by atoms with van der Waals surface area (Å²) in [6, 6.07) is 12.3. The van der Waals surface area contributed by atoms with Crippen molar-refractivity contribution < 1.29 is 18.7 Å². The summed E-state index contributed by atoms with van der Waals surface area (Å²) in [5, 5.41) is 0.804. The Balaban J connectivity index is 1.43. The third kappa shape index (κ3) is 3.33. The van der Waals surface area contributed by atoms with Crippen LogP contribution in [0.5, 0.6) is 11.5 Å². The fourth-order valence-corrected chi connectivity index (χ4v) is 3.31. The van der Waals surface area contributed by atoms with Crippen LogP contribution >= 0.6 is 0 Å². The highest BCUT2D eigenvalue weighted by atomic mass is 16.6. The number of benzene rings is 2. The van der Waals surface area contributed by atoms with Crippen molar-refractivity contribution in [1.29, 1.82) is 0 Å². The Hall–Kier alpha value is -3.08. The highest BCUT2D eigenvalue weighted by Crippen LogP contribution is 2.26. The van der Waals surface area contributed by atoms with Crippen molar-refractivity contribution in [1.82, 2.24) is 0 Å². The second kappa shape index (κ2) is 6.67. The molecule has 1 aliphatic rings. The van der Waals surface area contributed by atoms with Crippen LogP contribution in [0.4, 0.5) is 0 Å². The molecule has 0 fully saturated rings. The van der Waals surface area contributed by atoms with Crippen molar-refractivity contribution in [2.24, 2.45) is 0 Å². The van der Waals surface area contributed by atoms with Crippen LogP contribution in [-0.4, -0.2) is 12.6 Å². The monoisotopic (exact) mass is 350 g/mol. The van der Waals surface area contributed by atoms with E-state index in [0.29, 0.717) is 17.1 Å². The van der Waals surface area contributed by atoms with Gasteiger partial charge in [-0.1, -0.05) is 6.07 Å². The molecule has 0 unspecified atom stereocenters. The van der Waals surface area contributed by atoms with E-state index in [1.54, 1.807) is 12.1 Å². The minimum absolute atomic E-state index is 0.186. The summed E-state index contributed by atoms with van der Waals surface area (Å²) >= 11 is 0. The van der Waals surface area contributed by atoms with Gasteiger partial charge >= 0.3 is 11.6 Å². The van der Waals surface area contributed by atoms with Crippen LogP contribution in [-0.2, 0) is 17.6 Å². The summed E-state index contributed by atoms with van der Waals surface area (Å²) in [6.45, 7) is 1.64. The summed E-state index contributed by atoms with van der Waals surface area (Å²) in [6.07, 6.45) is 3.33. The van der Waals surface area contributed by atoms with Gasteiger partial charge in [-0.05, 0) is 67.1 Å². The van der Waals surface area contributed by atoms with Gasteiger partial charge in [0, 0.05) is 17.5 Å². The molecule has 26 heavy (non-hydrogen) atoms. The van der Waals surface area contributed by atoms with Gasteiger partial charge in [0.05, 0.1) is 0 Å². The lowest BCUT2D eigenvalue weighted by atomic mass is 10.1. The normalized spacial score (nSPS) is 12.8. The molecule has 3 aromatic rings. The van der Waals surface area contributed by atoms with Gasteiger partial charge in [-0.2, -0.15) is 0 Å². The third-order valence-electron chi connectivity index (χ3n) is 4.58. The minimum Gasteiger partial charge on any atom is -0.482 e. The maximum Gasteiger partial charge on any atom is 0.349 e. The van der Waals surface area contributed by atoms with Gasteiger partial charge in [0.15, 0.2) is 6.61 Å². The van der Waals surface area contributed by atoms with Gasteiger partial charge in [-0.15, -0.1) is 0 Å². The molecule has 132 valence electrons. The van der Waals surface area contributed by atoms with Crippen molar-refractivity contribution in [3.05, 3.63) is 69.6 Å². The van der Waals surface area contributed by atoms with E-state index in [9.17, 15) is 9.59 Å². The summed E-state index contributed by atoms with van der Waals surface area (Å²) < 4.78 is 16.0. The molecule has 0 aliphatic heterocycles. The largest absolute Gasteiger partial charge is 0.482 e. The van der Waals surface area contributed by atoms with Crippen LogP contribution in [0, 0.1) is 6.92 Å². The molecule has 0 saturated heterocycles. The van der Waals surface area contributed by atoms with E-state index in [1.807, 2.05) is 19.1 Å². The van der Waals surface area contributed by atoms with E-state index < -0.39 is 11.6 Å². The Morgan fingerprint density at radius 3 is 2.73 bits per heavy atom. The fraction of sp³-hybridized carbons (Fsp3) is 0.238. The number of carbonyl (C=O) groups is 1. The fourth-order valence-electron chi connectivity index (χ4n) is 3.31. The van der Waals surface area contributed by atoms with Crippen LogP contribution in [0.2, 0.25) is 0 Å². The molecule has 0 N–H and O–H groups in total. The summed E-state index contributed by atoms with van der Waals surface area (Å²) in [7, 11) is 0. The number of carbonyl (C=O) groups excluding carboxylic acids is 1. The number of hydrogen-bond acceptors (Lipinski definition) is 5. The van der Waals surface area contributed by atoms with E-state index in [2.05, 4.69) is 6.07 Å². The molecule has 0 spiro atoms. The van der Waals surface area contributed by atoms with E-state index in [0.717, 1.165) is 23.8 Å². The number of fused-ring (bicyclic) bond motifs is 2. The number of rotatable bonds is 4. The molecule has 5 heteroatoms. The lowest BCUT2D eigenvalue weighted by Gasteiger charge is -2.09. The zero-order valence-electron chi connectivity index (χ0n) is 14.4. The minimum atomic E-state index is -0.514. The van der Waals surface area contributed by atoms with E-state index in [-0.39, 0.29) is 6.61 Å². The van der Waals surface area contributed by atoms with Crippen molar-refractivity contribution >= 4 is 16.9 Å². The van der Waals surface area contributed by atoms with E-state index >= 15 is 0 Å². The molecule has 1 aromatic heterocycles. The molecular formula is C21H18O5. The van der Waals surface area contributed by atoms with Gasteiger partial charge in [0.2, 0.25) is 0 Å². The molecule has 0 bridgehead atoms. The Morgan fingerprint density at radius 1 is 1.04 bits per heavy atom. The summed E-state index contributed by atoms with van der Waals surface area (Å²) in [5.41, 5.74) is 3.41. The highest BCUT2D eigenvalue weighted by Gasteiger charge is 2.13. The zero-order chi connectivity index (χ0) is 18.1. The first-order chi connectivity index (χ1) is 12.6. The lowest BCUT2D eigenvalue weighted by molar-refractivity contribution is -0.136. The lowest BCUT2D eigenvalue weighted by Crippen LogP contribution is -2.17. The highest BCUT2D eigenvalue weighted by molar-refractivity contribution is 5.82. The first-order valence-corrected chi connectivity index (χ1v) is 8.58. The van der Waals surface area contributed by atoms with Gasteiger partial charge in [0.1, 0.15) is 17.1 Å². The van der Waals surface area contributed by atoms with Gasteiger partial charge in [0.25, 0.3) is 0 Å².